The monoisotopic (exact) mass is 920 g/mol. The van der Waals surface area contributed by atoms with Crippen molar-refractivity contribution in [2.45, 2.75) is 0 Å². The van der Waals surface area contributed by atoms with Crippen molar-refractivity contribution in [3.8, 4) is 44.5 Å². The Balaban J connectivity index is 0.878. The Labute approximate surface area is 397 Å². The summed E-state index contributed by atoms with van der Waals surface area (Å²) in [6, 6.07) is 97.1. The molecule has 12 rings (SSSR count). The summed E-state index contributed by atoms with van der Waals surface area (Å²) in [5, 5.41) is 5.19. The maximum Gasteiger partial charge on any atom is -0.0374 e. The minimum absolute atomic E-state index is 0.280. The number of nitrogens with zero attached hydrogens (tertiary/aromatic N) is 2. The summed E-state index contributed by atoms with van der Waals surface area (Å²) in [6.45, 7) is 0. The summed E-state index contributed by atoms with van der Waals surface area (Å²) in [5.41, 5.74) is 16.4. The molecule has 0 N–H and O–H groups in total. The molecule has 1 heterocycles. The van der Waals surface area contributed by atoms with Gasteiger partial charge in [0, 0.05) is 17.1 Å². The first-order chi connectivity index (χ1) is 33.2. The normalized spacial score (nSPS) is 11.3. The van der Waals surface area contributed by atoms with Crippen LogP contribution >= 0.6 is 0 Å². The Kier molecular flexibility index (Phi) is 10.6. The molecule has 0 fully saturated rings. The van der Waals surface area contributed by atoms with Gasteiger partial charge in [-0.25, -0.2) is 0 Å². The van der Waals surface area contributed by atoms with Gasteiger partial charge in [0.1, 0.15) is 0 Å². The summed E-state index contributed by atoms with van der Waals surface area (Å²) < 4.78 is 2.94. The summed E-state index contributed by atoms with van der Waals surface area (Å²) in [5.74, 6) is 0. The third-order valence-corrected chi connectivity index (χ3v) is 15.5. The maximum absolute atomic E-state index is 2.40. The molecule has 0 saturated heterocycles. The second kappa shape index (κ2) is 17.6. The van der Waals surface area contributed by atoms with Gasteiger partial charge in [0.05, 0.1) is 0 Å². The third kappa shape index (κ3) is 7.81. The summed E-state index contributed by atoms with van der Waals surface area (Å²) >= 11 is 0.280. The molecule has 12 aromatic rings. The Bertz CT molecular complexity index is 3550. The van der Waals surface area contributed by atoms with Crippen molar-refractivity contribution in [1.29, 1.82) is 0 Å². The van der Waals surface area contributed by atoms with E-state index in [1.165, 1.54) is 63.4 Å². The molecular weight excluding hydrogens is 876 g/mol. The average molecular weight is 920 g/mol. The van der Waals surface area contributed by atoms with E-state index >= 15 is 0 Å². The first-order valence-corrected chi connectivity index (χ1v) is 24.5. The Morgan fingerprint density at radius 1 is 0.239 bits per heavy atom. The average Bonchev–Trinajstić information content (AvgIpc) is 3.80. The van der Waals surface area contributed by atoms with Crippen molar-refractivity contribution in [3.63, 3.8) is 0 Å². The van der Waals surface area contributed by atoms with Crippen LogP contribution in [0, 0.1) is 0 Å². The number of anilines is 6. The third-order valence-electron chi connectivity index (χ3n) is 12.9. The molecule has 316 valence electrons. The fourth-order valence-electron chi connectivity index (χ4n) is 9.52. The Morgan fingerprint density at radius 3 is 1.13 bits per heavy atom. The van der Waals surface area contributed by atoms with Gasteiger partial charge < -0.3 is 4.90 Å². The van der Waals surface area contributed by atoms with Gasteiger partial charge in [0.2, 0.25) is 0 Å². The fraction of sp³-hybridized carbons (Fsp3) is 0. The first kappa shape index (κ1) is 40.3. The van der Waals surface area contributed by atoms with Crippen LogP contribution < -0.4 is 9.80 Å². The van der Waals surface area contributed by atoms with Gasteiger partial charge in [-0.15, -0.1) is 0 Å². The standard InChI is InChI=1S/C64H44N2Se/c1-3-13-45(14-4-1)47-25-35-53(36-26-47)65(54-37-27-48(28-38-54)46-15-5-2-6-16-46)55-39-29-49(30-40-55)50-31-41-56(42-32-50)66(62-23-11-18-51-17-7-8-19-58(51)62)57-43-33-52(34-44-57)59-21-12-22-61-60-20-9-10-24-63(60)67-64(59)61/h1-44H. The van der Waals surface area contributed by atoms with E-state index in [4.69, 9.17) is 0 Å². The Hall–Kier alpha value is -8.20. The van der Waals surface area contributed by atoms with Gasteiger partial charge >= 0.3 is 222 Å². The second-order valence-corrected chi connectivity index (χ2v) is 19.1. The van der Waals surface area contributed by atoms with Crippen molar-refractivity contribution in [3.05, 3.63) is 267 Å². The van der Waals surface area contributed by atoms with E-state index in [-0.39, 0.29) is 14.5 Å². The van der Waals surface area contributed by atoms with Crippen LogP contribution in [0.15, 0.2) is 267 Å². The summed E-state index contributed by atoms with van der Waals surface area (Å²) in [7, 11) is 0. The molecule has 67 heavy (non-hydrogen) atoms. The molecule has 3 heteroatoms. The van der Waals surface area contributed by atoms with E-state index < -0.39 is 0 Å². The molecule has 0 unspecified atom stereocenters. The minimum Gasteiger partial charge on any atom is -0.0617 e. The number of hydrogen-bond acceptors (Lipinski definition) is 2. The van der Waals surface area contributed by atoms with Crippen LogP contribution in [0.1, 0.15) is 0 Å². The van der Waals surface area contributed by atoms with Gasteiger partial charge in [-0.3, -0.25) is 0 Å². The molecule has 0 aliphatic carbocycles. The van der Waals surface area contributed by atoms with Crippen molar-refractivity contribution in [2.75, 3.05) is 9.80 Å². The van der Waals surface area contributed by atoms with E-state index in [2.05, 4.69) is 277 Å². The van der Waals surface area contributed by atoms with Crippen LogP contribution in [0.4, 0.5) is 34.1 Å². The van der Waals surface area contributed by atoms with E-state index in [0.29, 0.717) is 0 Å². The van der Waals surface area contributed by atoms with Crippen LogP contribution in [0.3, 0.4) is 0 Å². The molecule has 0 atom stereocenters. The molecule has 0 aliphatic heterocycles. The van der Waals surface area contributed by atoms with Crippen LogP contribution in [-0.2, 0) is 0 Å². The number of rotatable bonds is 10. The van der Waals surface area contributed by atoms with E-state index in [1.54, 1.807) is 0 Å². The van der Waals surface area contributed by atoms with Gasteiger partial charge in [-0.05, 0) is 58.7 Å². The first-order valence-electron chi connectivity index (χ1n) is 22.8. The fourth-order valence-corrected chi connectivity index (χ4v) is 12.1. The molecule has 0 aliphatic rings. The molecule has 11 aromatic carbocycles. The van der Waals surface area contributed by atoms with Crippen molar-refractivity contribution in [2.24, 2.45) is 0 Å². The van der Waals surface area contributed by atoms with E-state index in [9.17, 15) is 0 Å². The number of fused-ring (bicyclic) bond motifs is 4. The number of benzene rings is 11. The molecular formula is C64H44N2Se. The zero-order valence-corrected chi connectivity index (χ0v) is 38.4. The largest absolute Gasteiger partial charge is 0.0617 e. The molecule has 2 nitrogen and oxygen atoms in total. The SMILES string of the molecule is c1ccc(-c2ccc(N(c3ccc(-c4ccccc4)cc3)c3ccc(-c4ccc(N(c5ccc(-c6cccc7c6[se]c6ccccc67)cc5)c5cccc6ccccc56)cc4)cc3)cc2)cc1. The van der Waals surface area contributed by atoms with E-state index in [0.717, 1.165) is 45.3 Å². The summed E-state index contributed by atoms with van der Waals surface area (Å²) in [4.78, 5) is 4.74. The van der Waals surface area contributed by atoms with Crippen LogP contribution in [-0.4, -0.2) is 14.5 Å². The molecule has 0 saturated carbocycles. The maximum atomic E-state index is 2.40. The molecule has 0 amide bonds. The molecule has 0 radical (unpaired) electrons. The van der Waals surface area contributed by atoms with Crippen LogP contribution in [0.2, 0.25) is 0 Å². The quantitative estimate of drug-likeness (QED) is 0.126. The number of hydrogen-bond donors (Lipinski definition) is 0. The molecule has 0 spiro atoms. The predicted octanol–water partition coefficient (Wildman–Crippen LogP) is 17.8. The second-order valence-electron chi connectivity index (χ2n) is 16.9. The predicted molar refractivity (Wildman–Crippen MR) is 287 cm³/mol. The van der Waals surface area contributed by atoms with Crippen molar-refractivity contribution < 1.29 is 0 Å². The molecule has 1 aromatic heterocycles. The van der Waals surface area contributed by atoms with Crippen LogP contribution in [0.5, 0.6) is 0 Å². The van der Waals surface area contributed by atoms with Gasteiger partial charge in [-0.2, -0.15) is 0 Å². The zero-order valence-electron chi connectivity index (χ0n) is 36.7. The van der Waals surface area contributed by atoms with Crippen LogP contribution in [0.25, 0.3) is 74.6 Å². The van der Waals surface area contributed by atoms with Crippen molar-refractivity contribution in [1.82, 2.24) is 0 Å². The molecule has 0 bridgehead atoms. The Morgan fingerprint density at radius 2 is 0.612 bits per heavy atom. The summed E-state index contributed by atoms with van der Waals surface area (Å²) in [6.07, 6.45) is 0. The minimum atomic E-state index is 0.280. The smallest absolute Gasteiger partial charge is 0.0374 e. The topological polar surface area (TPSA) is 6.48 Å². The van der Waals surface area contributed by atoms with E-state index in [1.807, 2.05) is 0 Å². The van der Waals surface area contributed by atoms with Gasteiger partial charge in [0.25, 0.3) is 0 Å². The van der Waals surface area contributed by atoms with Gasteiger partial charge in [-0.1, -0.05) is 97.1 Å². The van der Waals surface area contributed by atoms with Gasteiger partial charge in [0.15, 0.2) is 0 Å². The zero-order chi connectivity index (χ0) is 44.5. The van der Waals surface area contributed by atoms with Crippen molar-refractivity contribution >= 4 is 78.7 Å².